The van der Waals surface area contributed by atoms with Crippen LogP contribution >= 0.6 is 0 Å². The summed E-state index contributed by atoms with van der Waals surface area (Å²) < 4.78 is 5.80. The molecule has 2 aliphatic rings. The standard InChI is InChI=1S/C13H15N3O/c1-9-4-10(6-14)5-13(15-9)16-7-11-2-3-12(8-16)17-11/h4-5,11-12H,2-3,7-8H2,1H3. The van der Waals surface area contributed by atoms with E-state index in [9.17, 15) is 0 Å². The maximum absolute atomic E-state index is 8.98. The molecular weight excluding hydrogens is 214 g/mol. The maximum Gasteiger partial charge on any atom is 0.130 e. The molecule has 0 spiro atoms. The fourth-order valence-corrected chi connectivity index (χ4v) is 2.68. The van der Waals surface area contributed by atoms with Gasteiger partial charge in [-0.2, -0.15) is 5.26 Å². The summed E-state index contributed by atoms with van der Waals surface area (Å²) in [6.07, 6.45) is 3.00. The topological polar surface area (TPSA) is 49.2 Å². The van der Waals surface area contributed by atoms with Crippen LogP contribution in [0.3, 0.4) is 0 Å². The Morgan fingerprint density at radius 2 is 2.06 bits per heavy atom. The molecule has 0 saturated carbocycles. The average molecular weight is 229 g/mol. The van der Waals surface area contributed by atoms with Gasteiger partial charge in [0.15, 0.2) is 0 Å². The fourth-order valence-electron chi connectivity index (χ4n) is 2.68. The van der Waals surface area contributed by atoms with Gasteiger partial charge in [-0.15, -0.1) is 0 Å². The molecule has 1 aromatic rings. The Morgan fingerprint density at radius 1 is 1.35 bits per heavy atom. The van der Waals surface area contributed by atoms with Gasteiger partial charge in [-0.05, 0) is 31.9 Å². The first-order chi connectivity index (χ1) is 8.24. The molecule has 4 heteroatoms. The SMILES string of the molecule is Cc1cc(C#N)cc(N2CC3CCC(C2)O3)n1. The zero-order valence-electron chi connectivity index (χ0n) is 9.89. The summed E-state index contributed by atoms with van der Waals surface area (Å²) in [5, 5.41) is 8.98. The van der Waals surface area contributed by atoms with Crippen molar-refractivity contribution >= 4 is 5.82 Å². The second kappa shape index (κ2) is 4.01. The number of pyridine rings is 1. The number of anilines is 1. The van der Waals surface area contributed by atoms with Crippen LogP contribution in [0.15, 0.2) is 12.1 Å². The van der Waals surface area contributed by atoms with Crippen LogP contribution in [0.25, 0.3) is 0 Å². The normalized spacial score (nSPS) is 26.9. The number of morpholine rings is 1. The lowest BCUT2D eigenvalue weighted by Crippen LogP contribution is -2.43. The summed E-state index contributed by atoms with van der Waals surface area (Å²) in [4.78, 5) is 6.77. The molecule has 2 saturated heterocycles. The number of aromatic nitrogens is 1. The highest BCUT2D eigenvalue weighted by molar-refractivity contribution is 5.47. The highest BCUT2D eigenvalue weighted by Gasteiger charge is 2.34. The molecule has 3 heterocycles. The number of hydrogen-bond acceptors (Lipinski definition) is 4. The van der Waals surface area contributed by atoms with Gasteiger partial charge in [0.05, 0.1) is 23.8 Å². The van der Waals surface area contributed by atoms with E-state index in [1.807, 2.05) is 19.1 Å². The zero-order valence-corrected chi connectivity index (χ0v) is 9.89. The molecule has 0 N–H and O–H groups in total. The van der Waals surface area contributed by atoms with Crippen molar-refractivity contribution in [2.75, 3.05) is 18.0 Å². The van der Waals surface area contributed by atoms with Crippen LogP contribution in [0.2, 0.25) is 0 Å². The van der Waals surface area contributed by atoms with Gasteiger partial charge in [-0.1, -0.05) is 0 Å². The van der Waals surface area contributed by atoms with Gasteiger partial charge >= 0.3 is 0 Å². The van der Waals surface area contributed by atoms with Crippen molar-refractivity contribution in [3.8, 4) is 6.07 Å². The van der Waals surface area contributed by atoms with Crippen molar-refractivity contribution in [3.05, 3.63) is 23.4 Å². The van der Waals surface area contributed by atoms with Gasteiger partial charge in [-0.25, -0.2) is 4.98 Å². The largest absolute Gasteiger partial charge is 0.371 e. The minimum absolute atomic E-state index is 0.349. The van der Waals surface area contributed by atoms with Crippen LogP contribution in [0.4, 0.5) is 5.82 Å². The van der Waals surface area contributed by atoms with E-state index in [4.69, 9.17) is 10.00 Å². The monoisotopic (exact) mass is 229 g/mol. The van der Waals surface area contributed by atoms with Gasteiger partial charge in [0.2, 0.25) is 0 Å². The molecule has 2 aliphatic heterocycles. The van der Waals surface area contributed by atoms with Crippen LogP contribution in [0.1, 0.15) is 24.1 Å². The highest BCUT2D eigenvalue weighted by atomic mass is 16.5. The van der Waals surface area contributed by atoms with Crippen molar-refractivity contribution < 1.29 is 4.74 Å². The van der Waals surface area contributed by atoms with Crippen molar-refractivity contribution in [3.63, 3.8) is 0 Å². The highest BCUT2D eigenvalue weighted by Crippen LogP contribution is 2.29. The third kappa shape index (κ3) is 1.98. The minimum Gasteiger partial charge on any atom is -0.371 e. The molecule has 0 amide bonds. The van der Waals surface area contributed by atoms with Crippen molar-refractivity contribution in [2.45, 2.75) is 32.0 Å². The first kappa shape index (κ1) is 10.5. The molecule has 17 heavy (non-hydrogen) atoms. The minimum atomic E-state index is 0.349. The number of nitrogens with zero attached hydrogens (tertiary/aromatic N) is 3. The summed E-state index contributed by atoms with van der Waals surface area (Å²) in [6.45, 7) is 3.73. The van der Waals surface area contributed by atoms with Gasteiger partial charge in [0, 0.05) is 18.8 Å². The van der Waals surface area contributed by atoms with Crippen LogP contribution in [0, 0.1) is 18.3 Å². The second-order valence-electron chi connectivity index (χ2n) is 4.83. The summed E-state index contributed by atoms with van der Waals surface area (Å²) >= 11 is 0. The first-order valence-electron chi connectivity index (χ1n) is 6.04. The van der Waals surface area contributed by atoms with E-state index in [2.05, 4.69) is 16.0 Å². The van der Waals surface area contributed by atoms with Crippen LogP contribution in [-0.4, -0.2) is 30.3 Å². The molecule has 0 radical (unpaired) electrons. The smallest absolute Gasteiger partial charge is 0.130 e. The molecule has 88 valence electrons. The summed E-state index contributed by atoms with van der Waals surface area (Å²) in [6, 6.07) is 5.88. The van der Waals surface area contributed by atoms with Crippen molar-refractivity contribution in [1.29, 1.82) is 5.26 Å². The lowest BCUT2D eigenvalue weighted by molar-refractivity contribution is 0.0302. The second-order valence-corrected chi connectivity index (χ2v) is 4.83. The van der Waals surface area contributed by atoms with E-state index >= 15 is 0 Å². The summed E-state index contributed by atoms with van der Waals surface area (Å²) in [5.41, 5.74) is 1.59. The molecule has 4 nitrogen and oxygen atoms in total. The van der Waals surface area contributed by atoms with E-state index < -0.39 is 0 Å². The number of ether oxygens (including phenoxy) is 1. The van der Waals surface area contributed by atoms with E-state index in [1.54, 1.807) is 0 Å². The maximum atomic E-state index is 8.98. The lowest BCUT2D eigenvalue weighted by atomic mass is 10.2. The van der Waals surface area contributed by atoms with Gasteiger partial charge in [0.25, 0.3) is 0 Å². The van der Waals surface area contributed by atoms with Crippen LogP contribution in [-0.2, 0) is 4.74 Å². The van der Waals surface area contributed by atoms with Gasteiger partial charge in [0.1, 0.15) is 5.82 Å². The quantitative estimate of drug-likeness (QED) is 0.734. The predicted octanol–water partition coefficient (Wildman–Crippen LogP) is 1.63. The summed E-state index contributed by atoms with van der Waals surface area (Å²) in [7, 11) is 0. The molecule has 2 fully saturated rings. The van der Waals surface area contributed by atoms with E-state index in [1.165, 1.54) is 0 Å². The average Bonchev–Trinajstić information content (AvgIpc) is 2.67. The van der Waals surface area contributed by atoms with Crippen LogP contribution < -0.4 is 4.90 Å². The Morgan fingerprint density at radius 3 is 2.71 bits per heavy atom. The van der Waals surface area contributed by atoms with Gasteiger partial charge < -0.3 is 9.64 Å². The van der Waals surface area contributed by atoms with E-state index in [0.29, 0.717) is 17.8 Å². The molecule has 2 unspecified atom stereocenters. The Labute approximate surface area is 101 Å². The molecule has 0 aromatic carbocycles. The molecule has 2 bridgehead atoms. The number of rotatable bonds is 1. The molecule has 0 aliphatic carbocycles. The molecular formula is C13H15N3O. The Kier molecular flexibility index (Phi) is 2.49. The van der Waals surface area contributed by atoms with Crippen LogP contribution in [0.5, 0.6) is 0 Å². The third-order valence-electron chi connectivity index (χ3n) is 3.44. The predicted molar refractivity (Wildman–Crippen MR) is 63.8 cm³/mol. The Bertz CT molecular complexity index is 468. The van der Waals surface area contributed by atoms with E-state index in [0.717, 1.165) is 37.4 Å². The Hall–Kier alpha value is -1.60. The van der Waals surface area contributed by atoms with Crippen molar-refractivity contribution in [2.24, 2.45) is 0 Å². The van der Waals surface area contributed by atoms with E-state index in [-0.39, 0.29) is 0 Å². The first-order valence-corrected chi connectivity index (χ1v) is 6.04. The molecule has 3 rings (SSSR count). The lowest BCUT2D eigenvalue weighted by Gasteiger charge is -2.33. The van der Waals surface area contributed by atoms with Crippen molar-refractivity contribution in [1.82, 2.24) is 4.98 Å². The number of fused-ring (bicyclic) bond motifs is 2. The number of aryl methyl sites for hydroxylation is 1. The molecule has 2 atom stereocenters. The molecule has 1 aromatic heterocycles. The third-order valence-corrected chi connectivity index (χ3v) is 3.44. The van der Waals surface area contributed by atoms with Gasteiger partial charge in [-0.3, -0.25) is 0 Å². The zero-order chi connectivity index (χ0) is 11.8. The number of nitriles is 1. The fraction of sp³-hybridized carbons (Fsp3) is 0.538. The summed E-state index contributed by atoms with van der Waals surface area (Å²) in [5.74, 6) is 0.918. The Balaban J connectivity index is 1.89. The number of hydrogen-bond donors (Lipinski definition) is 0.